The molecule has 4 rings (SSSR count). The van der Waals surface area contributed by atoms with E-state index in [1.807, 2.05) is 30.0 Å². The van der Waals surface area contributed by atoms with Crippen molar-refractivity contribution < 1.29 is 9.47 Å². The standard InChI is InChI=1S/C18H23N3O2S/c1-2-14(10-19-5-1)11-21-7-8-23-18-15(3-4-16(18)21)12-22-13-17-20-6-9-24-17/h1-2,5-6,9-10,15-16,18H,3-4,7-8,11-13H2. The molecule has 3 heterocycles. The second-order valence-corrected chi connectivity index (χ2v) is 7.49. The van der Waals surface area contributed by atoms with Crippen molar-refractivity contribution in [3.8, 4) is 0 Å². The fourth-order valence-corrected chi connectivity index (χ4v) is 4.41. The maximum Gasteiger partial charge on any atom is 0.118 e. The number of fused-ring (bicyclic) bond motifs is 1. The minimum atomic E-state index is 0.298. The zero-order chi connectivity index (χ0) is 16.2. The molecule has 1 aliphatic carbocycles. The highest BCUT2D eigenvalue weighted by Crippen LogP contribution is 2.35. The smallest absolute Gasteiger partial charge is 0.118 e. The number of morpholine rings is 1. The van der Waals surface area contributed by atoms with E-state index in [-0.39, 0.29) is 0 Å². The maximum atomic E-state index is 6.12. The lowest BCUT2D eigenvalue weighted by atomic mass is 10.0. The van der Waals surface area contributed by atoms with Crippen LogP contribution in [0.2, 0.25) is 0 Å². The van der Waals surface area contributed by atoms with Gasteiger partial charge >= 0.3 is 0 Å². The molecule has 1 saturated carbocycles. The molecule has 1 aliphatic heterocycles. The lowest BCUT2D eigenvalue weighted by molar-refractivity contribution is -0.0891. The molecule has 5 nitrogen and oxygen atoms in total. The topological polar surface area (TPSA) is 47.5 Å². The molecule has 1 saturated heterocycles. The van der Waals surface area contributed by atoms with Crippen LogP contribution >= 0.6 is 11.3 Å². The predicted molar refractivity (Wildman–Crippen MR) is 92.7 cm³/mol. The lowest BCUT2D eigenvalue weighted by Crippen LogP contribution is -2.50. The first-order chi connectivity index (χ1) is 11.9. The largest absolute Gasteiger partial charge is 0.375 e. The average molecular weight is 345 g/mol. The number of aromatic nitrogens is 2. The Balaban J connectivity index is 1.32. The number of hydrogen-bond acceptors (Lipinski definition) is 6. The minimum Gasteiger partial charge on any atom is -0.375 e. The Hall–Kier alpha value is -1.34. The third-order valence-electron chi connectivity index (χ3n) is 4.98. The maximum absolute atomic E-state index is 6.12. The van der Waals surface area contributed by atoms with E-state index in [1.54, 1.807) is 11.3 Å². The van der Waals surface area contributed by atoms with Gasteiger partial charge in [-0.25, -0.2) is 4.98 Å². The zero-order valence-corrected chi connectivity index (χ0v) is 14.5. The van der Waals surface area contributed by atoms with E-state index in [9.17, 15) is 0 Å². The molecule has 0 bridgehead atoms. The number of ether oxygens (including phenoxy) is 2. The summed E-state index contributed by atoms with van der Waals surface area (Å²) in [6, 6.07) is 4.67. The number of hydrogen-bond donors (Lipinski definition) is 0. The van der Waals surface area contributed by atoms with Crippen LogP contribution in [0.15, 0.2) is 36.1 Å². The summed E-state index contributed by atoms with van der Waals surface area (Å²) in [5.74, 6) is 0.492. The summed E-state index contributed by atoms with van der Waals surface area (Å²) in [5.41, 5.74) is 1.28. The Bertz CT molecular complexity index is 622. The van der Waals surface area contributed by atoms with E-state index in [0.717, 1.165) is 31.3 Å². The molecule has 0 N–H and O–H groups in total. The summed E-state index contributed by atoms with van der Waals surface area (Å²) < 4.78 is 12.0. The first-order valence-corrected chi connectivity index (χ1v) is 9.49. The number of pyridine rings is 1. The van der Waals surface area contributed by atoms with Gasteiger partial charge in [-0.3, -0.25) is 9.88 Å². The van der Waals surface area contributed by atoms with Crippen molar-refractivity contribution in [3.05, 3.63) is 46.7 Å². The molecule has 3 unspecified atom stereocenters. The highest BCUT2D eigenvalue weighted by atomic mass is 32.1. The molecular formula is C18H23N3O2S. The fraction of sp³-hybridized carbons (Fsp3) is 0.556. The van der Waals surface area contributed by atoms with Crippen molar-refractivity contribution in [2.45, 2.75) is 38.1 Å². The van der Waals surface area contributed by atoms with Crippen molar-refractivity contribution in [2.75, 3.05) is 19.8 Å². The van der Waals surface area contributed by atoms with Gasteiger partial charge in [0.15, 0.2) is 0 Å². The molecule has 2 fully saturated rings. The van der Waals surface area contributed by atoms with Crippen LogP contribution in [0.1, 0.15) is 23.4 Å². The summed E-state index contributed by atoms with van der Waals surface area (Å²) in [7, 11) is 0. The monoisotopic (exact) mass is 345 g/mol. The Kier molecular flexibility index (Phi) is 5.18. The summed E-state index contributed by atoms with van der Waals surface area (Å²) in [5, 5.41) is 3.04. The Labute approximate surface area is 146 Å². The quantitative estimate of drug-likeness (QED) is 0.806. The van der Waals surface area contributed by atoms with Crippen LogP contribution in [0.4, 0.5) is 0 Å². The number of thiazole rings is 1. The van der Waals surface area contributed by atoms with Gasteiger partial charge in [0.2, 0.25) is 0 Å². The van der Waals surface area contributed by atoms with Crippen molar-refractivity contribution in [3.63, 3.8) is 0 Å². The summed E-state index contributed by atoms with van der Waals surface area (Å²) >= 11 is 1.65. The summed E-state index contributed by atoms with van der Waals surface area (Å²) in [4.78, 5) is 11.1. The number of rotatable bonds is 6. The molecule has 2 aromatic rings. The Morgan fingerprint density at radius 3 is 3.17 bits per heavy atom. The molecule has 3 atom stereocenters. The van der Waals surface area contributed by atoms with E-state index in [2.05, 4.69) is 20.9 Å². The molecule has 2 aliphatic rings. The van der Waals surface area contributed by atoms with Gasteiger partial charge in [0.1, 0.15) is 5.01 Å². The van der Waals surface area contributed by atoms with Crippen molar-refractivity contribution in [1.29, 1.82) is 0 Å². The van der Waals surface area contributed by atoms with Gasteiger partial charge in [-0.2, -0.15) is 0 Å². The molecule has 0 aromatic carbocycles. The highest BCUT2D eigenvalue weighted by molar-refractivity contribution is 7.09. The molecule has 24 heavy (non-hydrogen) atoms. The number of nitrogens with zero attached hydrogens (tertiary/aromatic N) is 3. The van der Waals surface area contributed by atoms with Gasteiger partial charge < -0.3 is 9.47 Å². The highest BCUT2D eigenvalue weighted by Gasteiger charge is 2.42. The fourth-order valence-electron chi connectivity index (χ4n) is 3.86. The van der Waals surface area contributed by atoms with Gasteiger partial charge in [-0.15, -0.1) is 11.3 Å². The first kappa shape index (κ1) is 16.1. The summed E-state index contributed by atoms with van der Waals surface area (Å²) in [6.07, 6.45) is 8.29. The van der Waals surface area contributed by atoms with E-state index in [1.165, 1.54) is 18.4 Å². The molecule has 0 radical (unpaired) electrons. The predicted octanol–water partition coefficient (Wildman–Crippen LogP) is 2.73. The third-order valence-corrected chi connectivity index (χ3v) is 5.74. The molecular weight excluding hydrogens is 322 g/mol. The van der Waals surface area contributed by atoms with Gasteiger partial charge in [-0.05, 0) is 24.5 Å². The van der Waals surface area contributed by atoms with Gasteiger partial charge in [-0.1, -0.05) is 6.07 Å². The third kappa shape index (κ3) is 3.67. The average Bonchev–Trinajstić information content (AvgIpc) is 3.27. The van der Waals surface area contributed by atoms with E-state index in [0.29, 0.717) is 24.7 Å². The Morgan fingerprint density at radius 2 is 2.33 bits per heavy atom. The van der Waals surface area contributed by atoms with E-state index >= 15 is 0 Å². The second-order valence-electron chi connectivity index (χ2n) is 6.51. The lowest BCUT2D eigenvalue weighted by Gasteiger charge is -2.39. The van der Waals surface area contributed by atoms with Gasteiger partial charge in [0.25, 0.3) is 0 Å². The Morgan fingerprint density at radius 1 is 1.33 bits per heavy atom. The van der Waals surface area contributed by atoms with E-state index < -0.39 is 0 Å². The van der Waals surface area contributed by atoms with Crippen LogP contribution in [0.25, 0.3) is 0 Å². The van der Waals surface area contributed by atoms with Crippen molar-refractivity contribution in [1.82, 2.24) is 14.9 Å². The molecule has 0 amide bonds. The molecule has 2 aromatic heterocycles. The summed E-state index contributed by atoms with van der Waals surface area (Å²) in [6.45, 7) is 4.16. The zero-order valence-electron chi connectivity index (χ0n) is 13.7. The van der Waals surface area contributed by atoms with Crippen molar-refractivity contribution in [2.24, 2.45) is 5.92 Å². The van der Waals surface area contributed by atoms with Gasteiger partial charge in [0, 0.05) is 49.0 Å². The molecule has 0 spiro atoms. The minimum absolute atomic E-state index is 0.298. The van der Waals surface area contributed by atoms with Crippen LogP contribution in [0, 0.1) is 5.92 Å². The van der Waals surface area contributed by atoms with Crippen LogP contribution in [-0.4, -0.2) is 46.8 Å². The molecule has 6 heteroatoms. The SMILES string of the molecule is c1cncc(CN2CCOC3C(COCc4nccs4)CCC32)c1. The van der Waals surface area contributed by atoms with Crippen LogP contribution < -0.4 is 0 Å². The second kappa shape index (κ2) is 7.70. The van der Waals surface area contributed by atoms with Gasteiger partial charge in [0.05, 0.1) is 25.9 Å². The van der Waals surface area contributed by atoms with Crippen LogP contribution in [0.3, 0.4) is 0 Å². The molecule has 128 valence electrons. The van der Waals surface area contributed by atoms with Crippen LogP contribution in [0.5, 0.6) is 0 Å². The first-order valence-electron chi connectivity index (χ1n) is 8.61. The van der Waals surface area contributed by atoms with E-state index in [4.69, 9.17) is 9.47 Å². The van der Waals surface area contributed by atoms with Crippen LogP contribution in [-0.2, 0) is 22.6 Å². The van der Waals surface area contributed by atoms with Crippen molar-refractivity contribution >= 4 is 11.3 Å². The normalized spacial score (nSPS) is 27.2.